The largest absolute Gasteiger partial charge is 0.492 e. The van der Waals surface area contributed by atoms with Crippen molar-refractivity contribution in [1.82, 2.24) is 20.1 Å². The third kappa shape index (κ3) is 8.89. The number of Topliss-reactive ketones (excluding diaryl/α,β-unsaturated/α-hetero) is 1. The molecule has 4 fully saturated rings. The maximum absolute atomic E-state index is 14.8. The number of carbonyl (C=O) groups excluding carboxylic acids is 4. The molecule has 17 heteroatoms. The number of piperidine rings is 1. The Hall–Kier alpha value is -5.31. The molecule has 0 bridgehead atoms. The van der Waals surface area contributed by atoms with Crippen LogP contribution in [0.5, 0.6) is 5.75 Å². The van der Waals surface area contributed by atoms with Crippen LogP contribution in [0.15, 0.2) is 48.7 Å². The van der Waals surface area contributed by atoms with Crippen molar-refractivity contribution in [3.63, 3.8) is 0 Å². The van der Waals surface area contributed by atoms with E-state index in [4.69, 9.17) is 17.0 Å². The predicted octanol–water partition coefficient (Wildman–Crippen LogP) is 5.91. The predicted molar refractivity (Wildman–Crippen MR) is 221 cm³/mol. The lowest BCUT2D eigenvalue weighted by Crippen LogP contribution is -2.58. The van der Waals surface area contributed by atoms with Crippen LogP contribution in [0.3, 0.4) is 0 Å². The van der Waals surface area contributed by atoms with E-state index < -0.39 is 34.7 Å². The van der Waals surface area contributed by atoms with E-state index >= 15 is 0 Å². The SMILES string of the molecule is CCc1cc(N2C(=S)N(c3cnc(C#N)c(C(F)(F)F)c3)C(=O)C23CCC3)ccc1OCCN1C[C@@H](C)N(CC(=O)Cc2cc(CC3CCC(=O)NC3=O)ccc2F)[C@@H](C)C1. The standard InChI is InChI=1S/C44H47F4N7O5S/c1-4-29-18-32(55-42(61)54(41(59)43(55)12-5-13-43)33-20-35(44(46,47)48)37(21-49)50-22-33)8-10-38(29)60-15-14-52-23-26(2)53(27(3)24-52)25-34(56)19-31-17-28(6-9-36(31)45)16-30-7-11-39(57)51-40(30)58/h6,8-10,17-18,20,22,26-27,30H,4-5,7,11-16,19,23-25H2,1-3H3,(H,51,57,58)/t26-,27+,30?. The highest BCUT2D eigenvalue weighted by molar-refractivity contribution is 7.81. The molecule has 4 heterocycles. The molecule has 1 saturated carbocycles. The Kier molecular flexibility index (Phi) is 12.6. The Morgan fingerprint density at radius 1 is 1.05 bits per heavy atom. The van der Waals surface area contributed by atoms with Crippen LogP contribution in [0.25, 0.3) is 0 Å². The molecule has 4 aliphatic rings. The third-order valence-electron chi connectivity index (χ3n) is 12.4. The van der Waals surface area contributed by atoms with Gasteiger partial charge in [0.2, 0.25) is 11.8 Å². The Bertz CT molecular complexity index is 2280. The fourth-order valence-electron chi connectivity index (χ4n) is 9.04. The minimum absolute atomic E-state index is 0.0346. The first-order valence-corrected chi connectivity index (χ1v) is 21.0. The van der Waals surface area contributed by atoms with Gasteiger partial charge in [-0.3, -0.25) is 39.2 Å². The summed E-state index contributed by atoms with van der Waals surface area (Å²) >= 11 is 5.79. The first-order chi connectivity index (χ1) is 29.0. The number of hydrogen-bond donors (Lipinski definition) is 1. The number of alkyl halides is 3. The van der Waals surface area contributed by atoms with Crippen LogP contribution in [-0.2, 0) is 44.6 Å². The van der Waals surface area contributed by atoms with Gasteiger partial charge in [0.15, 0.2) is 16.6 Å². The number of anilines is 2. The van der Waals surface area contributed by atoms with E-state index in [0.717, 1.165) is 34.7 Å². The van der Waals surface area contributed by atoms with Crippen molar-refractivity contribution >= 4 is 52.2 Å². The average molecular weight is 862 g/mol. The summed E-state index contributed by atoms with van der Waals surface area (Å²) in [6.07, 6.45) is -0.523. The number of thiocarbonyl (C=S) groups is 1. The number of nitrogens with one attached hydrogen (secondary N) is 1. The van der Waals surface area contributed by atoms with Crippen molar-refractivity contribution in [3.8, 4) is 11.8 Å². The van der Waals surface area contributed by atoms with Gasteiger partial charge in [0.1, 0.15) is 29.8 Å². The molecular formula is C44H47F4N7O5S. The first-order valence-electron chi connectivity index (χ1n) is 20.6. The number of aryl methyl sites for hydroxylation is 1. The molecule has 1 unspecified atom stereocenters. The number of nitriles is 1. The van der Waals surface area contributed by atoms with Crippen LogP contribution in [0.4, 0.5) is 28.9 Å². The number of nitrogens with zero attached hydrogens (tertiary/aromatic N) is 6. The normalized spacial score (nSPS) is 22.0. The molecule has 3 atom stereocenters. The van der Waals surface area contributed by atoms with Crippen molar-refractivity contribution in [2.45, 2.75) is 95.9 Å². The summed E-state index contributed by atoms with van der Waals surface area (Å²) in [5, 5.41) is 11.6. The van der Waals surface area contributed by atoms with Gasteiger partial charge in [0.25, 0.3) is 5.91 Å². The lowest BCUT2D eigenvalue weighted by Gasteiger charge is -2.44. The Labute approximate surface area is 356 Å². The molecule has 12 nitrogen and oxygen atoms in total. The van der Waals surface area contributed by atoms with Crippen molar-refractivity contribution in [2.24, 2.45) is 5.92 Å². The zero-order valence-electron chi connectivity index (χ0n) is 34.2. The summed E-state index contributed by atoms with van der Waals surface area (Å²) < 4.78 is 62.6. The zero-order valence-corrected chi connectivity index (χ0v) is 35.0. The molecule has 322 valence electrons. The van der Waals surface area contributed by atoms with Gasteiger partial charge in [-0.1, -0.05) is 19.1 Å². The van der Waals surface area contributed by atoms with E-state index in [1.165, 1.54) is 12.1 Å². The maximum atomic E-state index is 14.8. The molecule has 3 aromatic rings. The number of pyridine rings is 1. The fourth-order valence-corrected chi connectivity index (χ4v) is 9.50. The number of imide groups is 1. The number of hydrogen-bond acceptors (Lipinski definition) is 10. The molecule has 61 heavy (non-hydrogen) atoms. The van der Waals surface area contributed by atoms with Gasteiger partial charge in [-0.25, -0.2) is 9.37 Å². The number of ether oxygens (including phenoxy) is 1. The number of amides is 3. The van der Waals surface area contributed by atoms with Crippen LogP contribution >= 0.6 is 12.2 Å². The van der Waals surface area contributed by atoms with Crippen molar-refractivity contribution in [3.05, 3.63) is 82.4 Å². The summed E-state index contributed by atoms with van der Waals surface area (Å²) in [6, 6.07) is 12.4. The summed E-state index contributed by atoms with van der Waals surface area (Å²) in [4.78, 5) is 62.0. The molecule has 0 radical (unpaired) electrons. The summed E-state index contributed by atoms with van der Waals surface area (Å²) in [5.41, 5.74) is -0.702. The molecular weight excluding hydrogens is 815 g/mol. The van der Waals surface area contributed by atoms with Crippen molar-refractivity contribution in [2.75, 3.05) is 42.6 Å². The van der Waals surface area contributed by atoms with Crippen LogP contribution in [0.1, 0.15) is 80.8 Å². The highest BCUT2D eigenvalue weighted by atomic mass is 32.1. The topological polar surface area (TPSA) is 139 Å². The number of carbonyl (C=O) groups is 4. The average Bonchev–Trinajstić information content (AvgIpc) is 3.44. The summed E-state index contributed by atoms with van der Waals surface area (Å²) in [7, 11) is 0. The van der Waals surface area contributed by atoms with Crippen molar-refractivity contribution in [1.29, 1.82) is 5.26 Å². The quantitative estimate of drug-likeness (QED) is 0.125. The van der Waals surface area contributed by atoms with Gasteiger partial charge in [-0.2, -0.15) is 18.4 Å². The van der Waals surface area contributed by atoms with E-state index in [2.05, 4.69) is 33.9 Å². The molecule has 3 amide bonds. The summed E-state index contributed by atoms with van der Waals surface area (Å²) in [5.74, 6) is -1.36. The van der Waals surface area contributed by atoms with Crippen LogP contribution in [0.2, 0.25) is 0 Å². The Morgan fingerprint density at radius 3 is 2.43 bits per heavy atom. The molecule has 3 saturated heterocycles. The second kappa shape index (κ2) is 17.6. The van der Waals surface area contributed by atoms with Crippen molar-refractivity contribution < 1.29 is 41.5 Å². The van der Waals surface area contributed by atoms with Crippen LogP contribution in [0, 0.1) is 23.1 Å². The number of piperazine rings is 1. The minimum atomic E-state index is -4.86. The van der Waals surface area contributed by atoms with Gasteiger partial charge in [-0.05, 0) is 112 Å². The number of aromatic nitrogens is 1. The molecule has 1 aliphatic carbocycles. The van der Waals surface area contributed by atoms with E-state index in [0.29, 0.717) is 69.8 Å². The number of halogens is 4. The number of ketones is 1. The highest BCUT2D eigenvalue weighted by Gasteiger charge is 2.60. The minimum Gasteiger partial charge on any atom is -0.492 e. The van der Waals surface area contributed by atoms with E-state index in [9.17, 15) is 42.0 Å². The lowest BCUT2D eigenvalue weighted by molar-refractivity contribution is -0.138. The highest BCUT2D eigenvalue weighted by Crippen LogP contribution is 2.49. The van der Waals surface area contributed by atoms with Crippen LogP contribution in [-0.4, -0.2) is 93.8 Å². The Balaban J connectivity index is 0.948. The van der Waals surface area contributed by atoms with Gasteiger partial charge in [-0.15, -0.1) is 0 Å². The van der Waals surface area contributed by atoms with E-state index in [1.807, 2.05) is 19.1 Å². The van der Waals surface area contributed by atoms with Gasteiger partial charge in [0, 0.05) is 56.2 Å². The second-order valence-corrected chi connectivity index (χ2v) is 16.8. The molecule has 1 N–H and O–H groups in total. The van der Waals surface area contributed by atoms with Gasteiger partial charge in [0.05, 0.1) is 24.0 Å². The second-order valence-electron chi connectivity index (χ2n) is 16.5. The first kappa shape index (κ1) is 43.8. The lowest BCUT2D eigenvalue weighted by atomic mass is 9.75. The number of rotatable bonds is 13. The third-order valence-corrected chi connectivity index (χ3v) is 12.7. The summed E-state index contributed by atoms with van der Waals surface area (Å²) in [6.45, 7) is 8.63. The van der Waals surface area contributed by atoms with Gasteiger partial charge >= 0.3 is 6.18 Å². The molecule has 1 spiro atoms. The number of benzene rings is 2. The van der Waals surface area contributed by atoms with Crippen LogP contribution < -0.4 is 19.9 Å². The molecule has 2 aromatic carbocycles. The smallest absolute Gasteiger partial charge is 0.419 e. The monoisotopic (exact) mass is 861 g/mol. The van der Waals surface area contributed by atoms with E-state index in [-0.39, 0.29) is 71.3 Å². The zero-order chi connectivity index (χ0) is 43.8. The molecule has 1 aromatic heterocycles. The Morgan fingerprint density at radius 2 is 1.79 bits per heavy atom. The van der Waals surface area contributed by atoms with Gasteiger partial charge < -0.3 is 9.64 Å². The van der Waals surface area contributed by atoms with E-state index in [1.54, 1.807) is 23.1 Å². The fraction of sp³-hybridized carbons (Fsp3) is 0.477. The molecule has 7 rings (SSSR count). The maximum Gasteiger partial charge on any atom is 0.419 e. The molecule has 3 aliphatic heterocycles.